The molecule has 0 bridgehead atoms. The van der Waals surface area contributed by atoms with Crippen molar-refractivity contribution in [2.75, 3.05) is 20.2 Å². The van der Waals surface area contributed by atoms with E-state index in [9.17, 15) is 9.59 Å². The first-order valence-electron chi connectivity index (χ1n) is 10.5. The maximum absolute atomic E-state index is 12.8. The van der Waals surface area contributed by atoms with E-state index in [0.29, 0.717) is 17.1 Å². The third-order valence-corrected chi connectivity index (χ3v) is 6.73. The fraction of sp³-hybridized carbons (Fsp3) is 0.435. The number of ether oxygens (including phenoxy) is 1. The number of amides is 1. The lowest BCUT2D eigenvalue weighted by Gasteiger charge is -2.36. The number of rotatable bonds is 8. The zero-order valence-corrected chi connectivity index (χ0v) is 18.9. The van der Waals surface area contributed by atoms with Gasteiger partial charge in [0.25, 0.3) is 5.91 Å². The van der Waals surface area contributed by atoms with Crippen molar-refractivity contribution in [1.29, 1.82) is 0 Å². The van der Waals surface area contributed by atoms with E-state index in [-0.39, 0.29) is 23.8 Å². The van der Waals surface area contributed by atoms with Crippen molar-refractivity contribution in [2.45, 2.75) is 32.2 Å². The predicted molar refractivity (Wildman–Crippen MR) is 122 cm³/mol. The summed E-state index contributed by atoms with van der Waals surface area (Å²) in [7, 11) is 1.39. The van der Waals surface area contributed by atoms with Crippen LogP contribution in [0.4, 0.5) is 0 Å². The Bertz CT molecular complexity index is 915. The number of nitrogens with zero attached hydrogens (tertiary/aromatic N) is 2. The van der Waals surface area contributed by atoms with Gasteiger partial charge in [-0.15, -0.1) is 11.3 Å². The number of carbonyl (C=O) groups excluding carboxylic acids is 2. The second-order valence-electron chi connectivity index (χ2n) is 8.01. The van der Waals surface area contributed by atoms with Crippen molar-refractivity contribution < 1.29 is 14.3 Å². The summed E-state index contributed by atoms with van der Waals surface area (Å²) in [6.07, 6.45) is 6.12. The summed E-state index contributed by atoms with van der Waals surface area (Å²) in [5.41, 5.74) is 7.77. The monoisotopic (exact) mass is 442 g/mol. The Hall–Kier alpha value is -2.87. The van der Waals surface area contributed by atoms with Crippen molar-refractivity contribution in [2.24, 2.45) is 17.6 Å². The number of esters is 1. The number of piperidine rings is 1. The lowest BCUT2D eigenvalue weighted by atomic mass is 9.85. The van der Waals surface area contributed by atoms with Gasteiger partial charge in [0.05, 0.1) is 23.7 Å². The molecule has 31 heavy (non-hydrogen) atoms. The van der Waals surface area contributed by atoms with E-state index in [1.807, 2.05) is 30.5 Å². The number of nitrogens with two attached hydrogens (primary N) is 1. The van der Waals surface area contributed by atoms with Gasteiger partial charge in [-0.25, -0.2) is 0 Å². The molecule has 0 spiro atoms. The molecule has 1 amide bonds. The van der Waals surface area contributed by atoms with E-state index >= 15 is 0 Å². The number of likely N-dealkylation sites (tertiary alicyclic amines) is 1. The summed E-state index contributed by atoms with van der Waals surface area (Å²) in [6.45, 7) is 7.34. The highest BCUT2D eigenvalue weighted by Gasteiger charge is 2.32. The van der Waals surface area contributed by atoms with Gasteiger partial charge < -0.3 is 20.7 Å². The van der Waals surface area contributed by atoms with Crippen LogP contribution in [0, 0.1) is 11.8 Å². The van der Waals surface area contributed by atoms with E-state index in [0.717, 1.165) is 37.1 Å². The number of thiophene rings is 1. The van der Waals surface area contributed by atoms with Crippen molar-refractivity contribution in [3.8, 4) is 11.1 Å². The molecule has 0 aromatic carbocycles. The first-order chi connectivity index (χ1) is 14.9. The average molecular weight is 443 g/mol. The number of hydrogen-bond acceptors (Lipinski definition) is 7. The van der Waals surface area contributed by atoms with Gasteiger partial charge in [-0.3, -0.25) is 14.6 Å². The third kappa shape index (κ3) is 5.85. The molecular weight excluding hydrogens is 412 g/mol. The Morgan fingerprint density at radius 3 is 2.94 bits per heavy atom. The molecule has 1 unspecified atom stereocenters. The minimum Gasteiger partial charge on any atom is -0.469 e. The summed E-state index contributed by atoms with van der Waals surface area (Å²) in [4.78, 5) is 32.1. The van der Waals surface area contributed by atoms with Crippen LogP contribution in [0.3, 0.4) is 0 Å². The minimum atomic E-state index is -0.428. The Balaban J connectivity index is 1.65. The Morgan fingerprint density at radius 1 is 1.45 bits per heavy atom. The number of hydrogen-bond donors (Lipinski definition) is 2. The third-order valence-electron chi connectivity index (χ3n) is 5.80. The average Bonchev–Trinajstić information content (AvgIpc) is 3.28. The van der Waals surface area contributed by atoms with Gasteiger partial charge in [0.2, 0.25) is 0 Å². The molecule has 3 atom stereocenters. The molecule has 0 saturated carbocycles. The molecule has 166 valence electrons. The van der Waals surface area contributed by atoms with Gasteiger partial charge >= 0.3 is 5.97 Å². The quantitative estimate of drug-likeness (QED) is 0.609. The van der Waals surface area contributed by atoms with E-state index in [1.54, 1.807) is 12.4 Å². The number of nitrogens with one attached hydrogen (secondary N) is 1. The molecule has 1 aliphatic rings. The SMILES string of the molecule is C=C(N)N1CCCC(C[C@@H](C(=O)OC)[C@@H](C)NC(=O)c2cc(-c3cccnc3)cs2)C1. The van der Waals surface area contributed by atoms with Crippen LogP contribution < -0.4 is 11.1 Å². The summed E-state index contributed by atoms with van der Waals surface area (Å²) in [5.74, 6) is -0.0808. The van der Waals surface area contributed by atoms with E-state index in [2.05, 4.69) is 21.8 Å². The number of carbonyl (C=O) groups is 2. The lowest BCUT2D eigenvalue weighted by Crippen LogP contribution is -2.44. The molecule has 0 aliphatic carbocycles. The van der Waals surface area contributed by atoms with Gasteiger partial charge in [-0.2, -0.15) is 0 Å². The van der Waals surface area contributed by atoms with Gasteiger partial charge in [0.1, 0.15) is 0 Å². The minimum absolute atomic E-state index is 0.192. The van der Waals surface area contributed by atoms with E-state index in [4.69, 9.17) is 10.5 Å². The predicted octanol–water partition coefficient (Wildman–Crippen LogP) is 3.25. The molecule has 2 aromatic rings. The van der Waals surface area contributed by atoms with Crippen LogP contribution in [0.1, 0.15) is 35.9 Å². The number of aromatic nitrogens is 1. The second kappa shape index (κ2) is 10.4. The summed E-state index contributed by atoms with van der Waals surface area (Å²) in [5, 5.41) is 4.93. The highest BCUT2D eigenvalue weighted by molar-refractivity contribution is 7.12. The van der Waals surface area contributed by atoms with Crippen LogP contribution in [0.25, 0.3) is 11.1 Å². The molecule has 7 nitrogen and oxygen atoms in total. The fourth-order valence-electron chi connectivity index (χ4n) is 4.05. The van der Waals surface area contributed by atoms with Gasteiger partial charge in [-0.1, -0.05) is 12.6 Å². The molecule has 8 heteroatoms. The van der Waals surface area contributed by atoms with E-state index < -0.39 is 5.92 Å². The summed E-state index contributed by atoms with van der Waals surface area (Å²) < 4.78 is 5.05. The Morgan fingerprint density at radius 2 is 2.26 bits per heavy atom. The Kier molecular flexibility index (Phi) is 7.68. The maximum atomic E-state index is 12.8. The zero-order valence-electron chi connectivity index (χ0n) is 18.0. The van der Waals surface area contributed by atoms with Gasteiger partial charge in [-0.05, 0) is 55.2 Å². The number of pyridine rings is 1. The fourth-order valence-corrected chi connectivity index (χ4v) is 4.87. The summed E-state index contributed by atoms with van der Waals surface area (Å²) in [6, 6.07) is 5.31. The van der Waals surface area contributed by atoms with Gasteiger partial charge in [0, 0.05) is 37.1 Å². The lowest BCUT2D eigenvalue weighted by molar-refractivity contribution is -0.147. The van der Waals surface area contributed by atoms with Crippen LogP contribution in [-0.4, -0.2) is 48.0 Å². The molecule has 0 radical (unpaired) electrons. The van der Waals surface area contributed by atoms with Crippen molar-refractivity contribution in [3.63, 3.8) is 0 Å². The second-order valence-corrected chi connectivity index (χ2v) is 8.93. The molecular formula is C23H30N4O3S. The number of methoxy groups -OCH3 is 1. The smallest absolute Gasteiger partial charge is 0.310 e. The van der Waals surface area contributed by atoms with Crippen LogP contribution in [-0.2, 0) is 9.53 Å². The van der Waals surface area contributed by atoms with E-state index in [1.165, 1.54) is 18.4 Å². The first-order valence-corrected chi connectivity index (χ1v) is 11.3. The largest absolute Gasteiger partial charge is 0.469 e. The molecule has 1 aliphatic heterocycles. The Labute approximate surface area is 187 Å². The summed E-state index contributed by atoms with van der Waals surface area (Å²) >= 11 is 1.37. The van der Waals surface area contributed by atoms with Crippen LogP contribution in [0.15, 0.2) is 48.4 Å². The molecule has 1 saturated heterocycles. The molecule has 3 heterocycles. The standard InChI is InChI=1S/C23H30N4O3S/c1-15(20(23(29)30-3)10-17-6-5-9-27(13-17)16(2)24)26-22(28)21-11-19(14-31-21)18-7-4-8-25-12-18/h4,7-8,11-12,14-15,17,20H,2,5-6,9-10,13,24H2,1,3H3,(H,26,28)/t15-,17?,20-/m1/s1. The van der Waals surface area contributed by atoms with Crippen LogP contribution >= 0.6 is 11.3 Å². The molecule has 2 aromatic heterocycles. The zero-order chi connectivity index (χ0) is 22.4. The highest BCUT2D eigenvalue weighted by atomic mass is 32.1. The molecule has 3 rings (SSSR count). The first kappa shape index (κ1) is 22.8. The van der Waals surface area contributed by atoms with Gasteiger partial charge in [0.15, 0.2) is 0 Å². The topological polar surface area (TPSA) is 97.5 Å². The molecule has 3 N–H and O–H groups in total. The van der Waals surface area contributed by atoms with Crippen LogP contribution in [0.2, 0.25) is 0 Å². The maximum Gasteiger partial charge on any atom is 0.310 e. The van der Waals surface area contributed by atoms with Crippen molar-refractivity contribution in [1.82, 2.24) is 15.2 Å². The van der Waals surface area contributed by atoms with Crippen molar-refractivity contribution >= 4 is 23.2 Å². The highest BCUT2D eigenvalue weighted by Crippen LogP contribution is 2.28. The normalized spacial score (nSPS) is 18.1. The van der Waals surface area contributed by atoms with Crippen LogP contribution in [0.5, 0.6) is 0 Å². The van der Waals surface area contributed by atoms with Crippen molar-refractivity contribution in [3.05, 3.63) is 53.2 Å². The molecule has 1 fully saturated rings.